The van der Waals surface area contributed by atoms with E-state index < -0.39 is 5.82 Å². The summed E-state index contributed by atoms with van der Waals surface area (Å²) in [5, 5.41) is 11.9. The molecule has 0 saturated heterocycles. The van der Waals surface area contributed by atoms with Crippen LogP contribution in [-0.4, -0.2) is 19.6 Å². The average molecular weight is 264 g/mol. The van der Waals surface area contributed by atoms with E-state index in [1.807, 2.05) is 6.07 Å². The summed E-state index contributed by atoms with van der Waals surface area (Å²) in [7, 11) is 1.37. The number of carbonyl (C=O) groups excluding carboxylic acids is 1. The van der Waals surface area contributed by atoms with Crippen molar-refractivity contribution in [2.75, 3.05) is 19.0 Å². The Kier molecular flexibility index (Phi) is 6.37. The highest BCUT2D eigenvalue weighted by atomic mass is 19.1. The number of benzene rings is 1. The molecule has 0 aliphatic carbocycles. The van der Waals surface area contributed by atoms with Gasteiger partial charge in [-0.1, -0.05) is 12.5 Å². The molecule has 0 amide bonds. The summed E-state index contributed by atoms with van der Waals surface area (Å²) in [6, 6.07) is 6.35. The molecular formula is C14H17FN2O2. The second kappa shape index (κ2) is 8.09. The zero-order chi connectivity index (χ0) is 14.1. The van der Waals surface area contributed by atoms with Gasteiger partial charge in [-0.15, -0.1) is 0 Å². The van der Waals surface area contributed by atoms with Gasteiger partial charge in [-0.25, -0.2) is 4.39 Å². The zero-order valence-corrected chi connectivity index (χ0v) is 10.9. The number of nitriles is 1. The molecular weight excluding hydrogens is 247 g/mol. The van der Waals surface area contributed by atoms with Crippen LogP contribution in [0, 0.1) is 17.1 Å². The van der Waals surface area contributed by atoms with E-state index in [1.165, 1.54) is 13.2 Å². The highest BCUT2D eigenvalue weighted by Crippen LogP contribution is 2.17. The van der Waals surface area contributed by atoms with E-state index >= 15 is 0 Å². The van der Waals surface area contributed by atoms with E-state index in [1.54, 1.807) is 12.1 Å². The van der Waals surface area contributed by atoms with Crippen molar-refractivity contribution in [2.24, 2.45) is 0 Å². The molecule has 0 atom stereocenters. The third-order valence-corrected chi connectivity index (χ3v) is 2.73. The number of esters is 1. The predicted octanol–water partition coefficient (Wildman–Crippen LogP) is 2.84. The van der Waals surface area contributed by atoms with E-state index in [4.69, 9.17) is 5.26 Å². The number of rotatable bonds is 7. The maximum absolute atomic E-state index is 13.3. The van der Waals surface area contributed by atoms with Crippen molar-refractivity contribution in [1.29, 1.82) is 5.26 Å². The topological polar surface area (TPSA) is 62.1 Å². The van der Waals surface area contributed by atoms with Gasteiger partial charge < -0.3 is 10.1 Å². The standard InChI is InChI=1S/C14H17FN2O2/c1-19-14(18)8-3-2-4-9-17-13-7-5-6-12(15)11(13)10-16/h5-7,17H,2-4,8-9H2,1H3. The van der Waals surface area contributed by atoms with Gasteiger partial charge in [-0.2, -0.15) is 5.26 Å². The van der Waals surface area contributed by atoms with Crippen molar-refractivity contribution in [1.82, 2.24) is 0 Å². The predicted molar refractivity (Wildman–Crippen MR) is 70.1 cm³/mol. The number of unbranched alkanes of at least 4 members (excludes halogenated alkanes) is 2. The number of carbonyl (C=O) groups is 1. The highest BCUT2D eigenvalue weighted by molar-refractivity contribution is 5.68. The van der Waals surface area contributed by atoms with E-state index in [2.05, 4.69) is 10.1 Å². The first kappa shape index (κ1) is 15.0. The van der Waals surface area contributed by atoms with Gasteiger partial charge in [0.25, 0.3) is 0 Å². The van der Waals surface area contributed by atoms with Crippen LogP contribution in [-0.2, 0) is 9.53 Å². The molecule has 0 saturated carbocycles. The Balaban J connectivity index is 2.29. The minimum atomic E-state index is -0.516. The van der Waals surface area contributed by atoms with Crippen LogP contribution in [0.5, 0.6) is 0 Å². The third-order valence-electron chi connectivity index (χ3n) is 2.73. The van der Waals surface area contributed by atoms with E-state index in [-0.39, 0.29) is 11.5 Å². The van der Waals surface area contributed by atoms with Gasteiger partial charge in [0.1, 0.15) is 17.4 Å². The van der Waals surface area contributed by atoms with Crippen LogP contribution >= 0.6 is 0 Å². The quantitative estimate of drug-likeness (QED) is 0.607. The second-order valence-electron chi connectivity index (χ2n) is 4.09. The summed E-state index contributed by atoms with van der Waals surface area (Å²) in [5.41, 5.74) is 0.549. The zero-order valence-electron chi connectivity index (χ0n) is 10.9. The molecule has 0 spiro atoms. The summed E-state index contributed by atoms with van der Waals surface area (Å²) < 4.78 is 17.8. The lowest BCUT2D eigenvalue weighted by molar-refractivity contribution is -0.140. The van der Waals surface area contributed by atoms with E-state index in [0.717, 1.165) is 19.3 Å². The number of hydrogen-bond acceptors (Lipinski definition) is 4. The first-order chi connectivity index (χ1) is 9.19. The third kappa shape index (κ3) is 4.96. The fraction of sp³-hybridized carbons (Fsp3) is 0.429. The van der Waals surface area contributed by atoms with Crippen LogP contribution in [0.15, 0.2) is 18.2 Å². The molecule has 0 aromatic heterocycles. The molecule has 5 heteroatoms. The molecule has 1 aromatic carbocycles. The summed E-state index contributed by atoms with van der Waals surface area (Å²) in [5.74, 6) is -0.719. The maximum atomic E-state index is 13.3. The van der Waals surface area contributed by atoms with Gasteiger partial charge in [-0.3, -0.25) is 4.79 Å². The molecule has 102 valence electrons. The van der Waals surface area contributed by atoms with Crippen LogP contribution in [0.2, 0.25) is 0 Å². The molecule has 19 heavy (non-hydrogen) atoms. The highest BCUT2D eigenvalue weighted by Gasteiger charge is 2.06. The Bertz CT molecular complexity index is 469. The summed E-state index contributed by atoms with van der Waals surface area (Å²) >= 11 is 0. The Labute approximate surface area is 112 Å². The lowest BCUT2D eigenvalue weighted by Gasteiger charge is -2.08. The molecule has 0 heterocycles. The summed E-state index contributed by atoms with van der Waals surface area (Å²) in [6.07, 6.45) is 2.90. The average Bonchev–Trinajstić information content (AvgIpc) is 2.42. The molecule has 0 radical (unpaired) electrons. The number of hydrogen-bond donors (Lipinski definition) is 1. The molecule has 0 aliphatic rings. The Hall–Kier alpha value is -2.09. The summed E-state index contributed by atoms with van der Waals surface area (Å²) in [6.45, 7) is 0.638. The van der Waals surface area contributed by atoms with Crippen LogP contribution < -0.4 is 5.32 Å². The van der Waals surface area contributed by atoms with Gasteiger partial charge in [0, 0.05) is 13.0 Å². The fourth-order valence-electron chi connectivity index (χ4n) is 1.68. The van der Waals surface area contributed by atoms with Gasteiger partial charge in [-0.05, 0) is 25.0 Å². The second-order valence-corrected chi connectivity index (χ2v) is 4.09. The van der Waals surface area contributed by atoms with Crippen molar-refractivity contribution in [3.8, 4) is 6.07 Å². The minimum Gasteiger partial charge on any atom is -0.469 e. The number of anilines is 1. The van der Waals surface area contributed by atoms with Gasteiger partial charge in [0.2, 0.25) is 0 Å². The molecule has 0 bridgehead atoms. The molecule has 1 rings (SSSR count). The first-order valence-electron chi connectivity index (χ1n) is 6.18. The van der Waals surface area contributed by atoms with Gasteiger partial charge >= 0.3 is 5.97 Å². The van der Waals surface area contributed by atoms with Crippen LogP contribution in [0.3, 0.4) is 0 Å². The minimum absolute atomic E-state index is 0.0389. The van der Waals surface area contributed by atoms with Crippen molar-refractivity contribution in [3.63, 3.8) is 0 Å². The number of ether oxygens (including phenoxy) is 1. The molecule has 4 nitrogen and oxygen atoms in total. The van der Waals surface area contributed by atoms with Crippen LogP contribution in [0.25, 0.3) is 0 Å². The largest absolute Gasteiger partial charge is 0.469 e. The lowest BCUT2D eigenvalue weighted by Crippen LogP contribution is -2.05. The van der Waals surface area contributed by atoms with Crippen molar-refractivity contribution in [2.45, 2.75) is 25.7 Å². The molecule has 0 unspecified atom stereocenters. The van der Waals surface area contributed by atoms with Gasteiger partial charge in [0.15, 0.2) is 0 Å². The van der Waals surface area contributed by atoms with Crippen molar-refractivity contribution in [3.05, 3.63) is 29.6 Å². The number of nitrogens with zero attached hydrogens (tertiary/aromatic N) is 1. The Morgan fingerprint density at radius 2 is 2.21 bits per heavy atom. The summed E-state index contributed by atoms with van der Waals surface area (Å²) in [4.78, 5) is 10.9. The SMILES string of the molecule is COC(=O)CCCCCNc1cccc(F)c1C#N. The monoisotopic (exact) mass is 264 g/mol. The molecule has 1 N–H and O–H groups in total. The number of halogens is 1. The smallest absolute Gasteiger partial charge is 0.305 e. The molecule has 0 fully saturated rings. The maximum Gasteiger partial charge on any atom is 0.305 e. The van der Waals surface area contributed by atoms with Crippen molar-refractivity contribution < 1.29 is 13.9 Å². The van der Waals surface area contributed by atoms with Crippen LogP contribution in [0.1, 0.15) is 31.2 Å². The van der Waals surface area contributed by atoms with E-state index in [0.29, 0.717) is 18.7 Å². The number of methoxy groups -OCH3 is 1. The first-order valence-corrected chi connectivity index (χ1v) is 6.18. The Morgan fingerprint density at radius 3 is 2.89 bits per heavy atom. The van der Waals surface area contributed by atoms with Gasteiger partial charge in [0.05, 0.1) is 12.8 Å². The normalized spacial score (nSPS) is 9.74. The lowest BCUT2D eigenvalue weighted by atomic mass is 10.1. The fourth-order valence-corrected chi connectivity index (χ4v) is 1.68. The molecule has 1 aromatic rings. The number of nitrogens with one attached hydrogen (secondary N) is 1. The molecule has 0 aliphatic heterocycles. The van der Waals surface area contributed by atoms with E-state index in [9.17, 15) is 9.18 Å². The Morgan fingerprint density at radius 1 is 1.42 bits per heavy atom. The van der Waals surface area contributed by atoms with Crippen molar-refractivity contribution >= 4 is 11.7 Å². The van der Waals surface area contributed by atoms with Crippen LogP contribution in [0.4, 0.5) is 10.1 Å².